The van der Waals surface area contributed by atoms with E-state index in [1.807, 2.05) is 4.90 Å². The van der Waals surface area contributed by atoms with Crippen LogP contribution in [0.2, 0.25) is 5.02 Å². The number of halogens is 3. The zero-order chi connectivity index (χ0) is 23.3. The van der Waals surface area contributed by atoms with Crippen molar-refractivity contribution in [2.75, 3.05) is 31.1 Å². The molecule has 170 valence electrons. The Balaban J connectivity index is 1.72. The third-order valence-corrected chi connectivity index (χ3v) is 6.44. The predicted molar refractivity (Wildman–Crippen MR) is 120 cm³/mol. The van der Waals surface area contributed by atoms with E-state index in [2.05, 4.69) is 16.5 Å². The maximum atomic E-state index is 15.8. The number of ether oxygens (including phenoxy) is 1. The van der Waals surface area contributed by atoms with E-state index in [-0.39, 0.29) is 51.4 Å². The van der Waals surface area contributed by atoms with E-state index in [9.17, 15) is 14.3 Å². The van der Waals surface area contributed by atoms with Gasteiger partial charge in [-0.3, -0.25) is 4.79 Å². The quantitative estimate of drug-likeness (QED) is 0.570. The number of fused-ring (bicyclic) bond motifs is 2. The van der Waals surface area contributed by atoms with Crippen LogP contribution < -0.4 is 9.64 Å². The number of phenols is 1. The molecule has 1 fully saturated rings. The summed E-state index contributed by atoms with van der Waals surface area (Å²) in [6, 6.07) is 3.56. The van der Waals surface area contributed by atoms with Crippen molar-refractivity contribution in [3.05, 3.63) is 53.8 Å². The molecule has 3 heterocycles. The number of amides is 1. The summed E-state index contributed by atoms with van der Waals surface area (Å²) in [6.45, 7) is 5.11. The smallest absolute Gasteiger partial charge is 0.246 e. The van der Waals surface area contributed by atoms with Crippen LogP contribution in [0.3, 0.4) is 0 Å². The van der Waals surface area contributed by atoms with Gasteiger partial charge in [-0.2, -0.15) is 0 Å². The summed E-state index contributed by atoms with van der Waals surface area (Å²) >= 11 is 6.58. The Morgan fingerprint density at radius 2 is 2.09 bits per heavy atom. The standard InChI is InChI=1S/C23H19ClF2N4O3/c1-2-15(32)29-7-8-30-12(10-29)6-9-33-22-18-21(27-11-28-23(18)30)20(26)17(19(22)24)16-13(25)4-3-5-14(16)31/h2-5,11-12,31H,1,6-10H2/t12-/m0/s1. The zero-order valence-corrected chi connectivity index (χ0v) is 18.1. The maximum Gasteiger partial charge on any atom is 0.246 e. The number of aromatic nitrogens is 2. The highest BCUT2D eigenvalue weighted by Crippen LogP contribution is 2.49. The Kier molecular flexibility index (Phi) is 5.28. The Labute approximate surface area is 192 Å². The van der Waals surface area contributed by atoms with Gasteiger partial charge in [-0.1, -0.05) is 24.2 Å². The lowest BCUT2D eigenvalue weighted by atomic mass is 9.99. The van der Waals surface area contributed by atoms with Crippen LogP contribution in [0.25, 0.3) is 22.0 Å². The van der Waals surface area contributed by atoms with Crippen molar-refractivity contribution >= 4 is 34.2 Å². The highest BCUT2D eigenvalue weighted by atomic mass is 35.5. The minimum absolute atomic E-state index is 0.0951. The van der Waals surface area contributed by atoms with Crippen LogP contribution in [-0.4, -0.2) is 58.2 Å². The first-order chi connectivity index (χ1) is 15.9. The molecule has 7 nitrogen and oxygen atoms in total. The lowest BCUT2D eigenvalue weighted by molar-refractivity contribution is -0.126. The van der Waals surface area contributed by atoms with Gasteiger partial charge >= 0.3 is 0 Å². The molecule has 0 bridgehead atoms. The number of carbonyl (C=O) groups excluding carboxylic acids is 1. The van der Waals surface area contributed by atoms with Gasteiger partial charge < -0.3 is 19.6 Å². The molecule has 2 aliphatic rings. The second kappa shape index (κ2) is 8.15. The van der Waals surface area contributed by atoms with E-state index >= 15 is 4.39 Å². The van der Waals surface area contributed by atoms with E-state index in [1.54, 1.807) is 4.90 Å². The Bertz CT molecular complexity index is 1280. The van der Waals surface area contributed by atoms with Crippen molar-refractivity contribution in [1.29, 1.82) is 0 Å². The van der Waals surface area contributed by atoms with Crippen molar-refractivity contribution in [1.82, 2.24) is 14.9 Å². The summed E-state index contributed by atoms with van der Waals surface area (Å²) in [5.41, 5.74) is -0.779. The number of carbonyl (C=O) groups is 1. The molecule has 3 aromatic rings. The molecule has 0 saturated carbocycles. The van der Waals surface area contributed by atoms with Gasteiger partial charge in [0.15, 0.2) is 11.6 Å². The Morgan fingerprint density at radius 3 is 2.85 bits per heavy atom. The first-order valence-corrected chi connectivity index (χ1v) is 10.7. The van der Waals surface area contributed by atoms with Gasteiger partial charge in [0.25, 0.3) is 0 Å². The third-order valence-electron chi connectivity index (χ3n) is 6.08. The number of benzene rings is 2. The monoisotopic (exact) mass is 472 g/mol. The fourth-order valence-corrected chi connectivity index (χ4v) is 4.86. The summed E-state index contributed by atoms with van der Waals surface area (Å²) in [4.78, 5) is 24.3. The molecule has 0 aliphatic carbocycles. The van der Waals surface area contributed by atoms with E-state index in [0.717, 1.165) is 6.07 Å². The van der Waals surface area contributed by atoms with Crippen molar-refractivity contribution in [3.63, 3.8) is 0 Å². The zero-order valence-electron chi connectivity index (χ0n) is 17.4. The number of phenolic OH excluding ortho intramolecular Hbond substituents is 1. The van der Waals surface area contributed by atoms with Gasteiger partial charge in [-0.05, 0) is 18.2 Å². The van der Waals surface area contributed by atoms with Crippen LogP contribution >= 0.6 is 11.6 Å². The van der Waals surface area contributed by atoms with Gasteiger partial charge in [0.2, 0.25) is 5.91 Å². The highest BCUT2D eigenvalue weighted by Gasteiger charge is 2.35. The molecule has 1 atom stereocenters. The van der Waals surface area contributed by atoms with Crippen LogP contribution in [-0.2, 0) is 4.79 Å². The SMILES string of the molecule is C=CC(=O)N1CCN2c3ncnc4c(F)c(-c5c(O)cccc5F)c(Cl)c(c34)OCC[C@H]2C1. The number of aromatic hydroxyl groups is 1. The normalized spacial score (nSPS) is 17.7. The topological polar surface area (TPSA) is 78.8 Å². The molecular weight excluding hydrogens is 454 g/mol. The summed E-state index contributed by atoms with van der Waals surface area (Å²) in [5, 5.41) is 10.4. The van der Waals surface area contributed by atoms with Crippen molar-refractivity contribution in [2.45, 2.75) is 12.5 Å². The number of nitrogens with zero attached hydrogens (tertiary/aromatic N) is 4. The van der Waals surface area contributed by atoms with Crippen molar-refractivity contribution < 1.29 is 23.4 Å². The summed E-state index contributed by atoms with van der Waals surface area (Å²) in [5.74, 6) is -1.77. The second-order valence-electron chi connectivity index (χ2n) is 7.86. The van der Waals surface area contributed by atoms with Crippen molar-refractivity contribution in [2.24, 2.45) is 0 Å². The molecule has 2 aromatic carbocycles. The van der Waals surface area contributed by atoms with Crippen LogP contribution in [0.15, 0.2) is 37.2 Å². The number of piperazine rings is 1. The molecular formula is C23H19ClF2N4O3. The molecule has 10 heteroatoms. The molecule has 0 radical (unpaired) electrons. The fraction of sp³-hybridized carbons (Fsp3) is 0.261. The van der Waals surface area contributed by atoms with Gasteiger partial charge in [-0.15, -0.1) is 0 Å². The molecule has 1 saturated heterocycles. The molecule has 1 aromatic heterocycles. The van der Waals surface area contributed by atoms with E-state index < -0.39 is 17.4 Å². The Hall–Kier alpha value is -3.46. The largest absolute Gasteiger partial charge is 0.507 e. The molecule has 5 rings (SSSR count). The lowest BCUT2D eigenvalue weighted by Gasteiger charge is -2.43. The van der Waals surface area contributed by atoms with Crippen LogP contribution in [0.5, 0.6) is 11.5 Å². The maximum absolute atomic E-state index is 15.8. The molecule has 0 spiro atoms. The molecule has 0 unspecified atom stereocenters. The molecule has 1 amide bonds. The van der Waals surface area contributed by atoms with Crippen LogP contribution in [0.4, 0.5) is 14.6 Å². The van der Waals surface area contributed by atoms with E-state index in [4.69, 9.17) is 16.3 Å². The van der Waals surface area contributed by atoms with Gasteiger partial charge in [0, 0.05) is 31.6 Å². The van der Waals surface area contributed by atoms with Crippen LogP contribution in [0, 0.1) is 11.6 Å². The molecule has 33 heavy (non-hydrogen) atoms. The Morgan fingerprint density at radius 1 is 1.27 bits per heavy atom. The summed E-state index contributed by atoms with van der Waals surface area (Å²) in [6.07, 6.45) is 3.05. The van der Waals surface area contributed by atoms with Crippen molar-refractivity contribution in [3.8, 4) is 22.6 Å². The fourth-order valence-electron chi connectivity index (χ4n) is 4.53. The number of anilines is 1. The minimum atomic E-state index is -0.885. The first-order valence-electron chi connectivity index (χ1n) is 10.4. The van der Waals surface area contributed by atoms with Crippen LogP contribution in [0.1, 0.15) is 6.42 Å². The number of hydrogen-bond acceptors (Lipinski definition) is 6. The first kappa shape index (κ1) is 21.4. The third kappa shape index (κ3) is 3.34. The summed E-state index contributed by atoms with van der Waals surface area (Å²) < 4.78 is 36.4. The average Bonchev–Trinajstić information content (AvgIpc) is 2.80. The molecule has 1 N–H and O–H groups in total. The average molecular weight is 473 g/mol. The van der Waals surface area contributed by atoms with E-state index in [0.29, 0.717) is 31.9 Å². The van der Waals surface area contributed by atoms with E-state index in [1.165, 1.54) is 24.5 Å². The van der Waals surface area contributed by atoms with Gasteiger partial charge in [0.1, 0.15) is 29.2 Å². The minimum Gasteiger partial charge on any atom is -0.507 e. The number of hydrogen-bond donors (Lipinski definition) is 1. The molecule has 2 aliphatic heterocycles. The lowest BCUT2D eigenvalue weighted by Crippen LogP contribution is -2.55. The highest BCUT2D eigenvalue weighted by molar-refractivity contribution is 6.36. The van der Waals surface area contributed by atoms with Gasteiger partial charge in [0.05, 0.1) is 28.6 Å². The second-order valence-corrected chi connectivity index (χ2v) is 8.24. The predicted octanol–water partition coefficient (Wildman–Crippen LogP) is 3.92. The van der Waals surface area contributed by atoms with Gasteiger partial charge in [-0.25, -0.2) is 18.7 Å². The number of rotatable bonds is 2. The summed E-state index contributed by atoms with van der Waals surface area (Å²) in [7, 11) is 0.